The normalized spacial score (nSPS) is 13.5. The standard InChI is InChI=1S/C9H19O/c1-4-6-7-9(3)10-8-5-2/h9H,2,4-8H2,1,3H3. The summed E-state index contributed by atoms with van der Waals surface area (Å²) in [6.07, 6.45) is 5.05. The molecule has 61 valence electrons. The molecule has 0 aromatic heterocycles. The lowest BCUT2D eigenvalue weighted by atomic mass is 10.2. The quantitative estimate of drug-likeness (QED) is 0.555. The van der Waals surface area contributed by atoms with Crippen LogP contribution in [0, 0.1) is 6.92 Å². The molecule has 10 heavy (non-hydrogen) atoms. The van der Waals surface area contributed by atoms with E-state index in [2.05, 4.69) is 20.8 Å². The molecule has 0 aliphatic rings. The minimum Gasteiger partial charge on any atom is -0.379 e. The summed E-state index contributed by atoms with van der Waals surface area (Å²) in [5.41, 5.74) is 0. The van der Waals surface area contributed by atoms with E-state index in [-0.39, 0.29) is 0 Å². The van der Waals surface area contributed by atoms with E-state index in [0.717, 1.165) is 13.0 Å². The Balaban J connectivity index is 3.00. The third-order valence-electron chi connectivity index (χ3n) is 1.51. The maximum absolute atomic E-state index is 5.43. The highest BCUT2D eigenvalue weighted by Gasteiger charge is 1.98. The molecule has 1 radical (unpaired) electrons. The van der Waals surface area contributed by atoms with Gasteiger partial charge >= 0.3 is 0 Å². The summed E-state index contributed by atoms with van der Waals surface area (Å²) >= 11 is 0. The molecule has 0 spiro atoms. The predicted octanol–water partition coefficient (Wildman–Crippen LogP) is 2.81. The first-order chi connectivity index (χ1) is 4.81. The summed E-state index contributed by atoms with van der Waals surface area (Å²) < 4.78 is 5.43. The molecule has 0 aliphatic carbocycles. The molecule has 1 unspecified atom stereocenters. The van der Waals surface area contributed by atoms with Crippen molar-refractivity contribution in [2.45, 2.75) is 45.6 Å². The first-order valence-electron chi connectivity index (χ1n) is 4.22. The zero-order valence-electron chi connectivity index (χ0n) is 7.23. The lowest BCUT2D eigenvalue weighted by Gasteiger charge is -2.10. The van der Waals surface area contributed by atoms with Crippen molar-refractivity contribution in [3.63, 3.8) is 0 Å². The molecular formula is C9H19O. The van der Waals surface area contributed by atoms with Crippen LogP contribution < -0.4 is 0 Å². The lowest BCUT2D eigenvalue weighted by Crippen LogP contribution is -2.08. The Morgan fingerprint density at radius 2 is 2.20 bits per heavy atom. The Labute approximate surface area is 64.8 Å². The van der Waals surface area contributed by atoms with E-state index in [9.17, 15) is 0 Å². The molecule has 1 heteroatoms. The van der Waals surface area contributed by atoms with Gasteiger partial charge in [-0.25, -0.2) is 0 Å². The average Bonchev–Trinajstić information content (AvgIpc) is 1.97. The van der Waals surface area contributed by atoms with Crippen LogP contribution in [0.25, 0.3) is 0 Å². The fourth-order valence-electron chi connectivity index (χ4n) is 0.859. The van der Waals surface area contributed by atoms with Gasteiger partial charge in [0.1, 0.15) is 0 Å². The van der Waals surface area contributed by atoms with Gasteiger partial charge < -0.3 is 4.74 Å². The van der Waals surface area contributed by atoms with Gasteiger partial charge in [0.15, 0.2) is 0 Å². The largest absolute Gasteiger partial charge is 0.379 e. The third-order valence-corrected chi connectivity index (χ3v) is 1.51. The molecule has 0 N–H and O–H groups in total. The van der Waals surface area contributed by atoms with Crippen molar-refractivity contribution in [2.24, 2.45) is 0 Å². The molecule has 0 saturated carbocycles. The van der Waals surface area contributed by atoms with Crippen LogP contribution >= 0.6 is 0 Å². The number of hydrogen-bond acceptors (Lipinski definition) is 1. The van der Waals surface area contributed by atoms with Crippen LogP contribution in [-0.2, 0) is 4.74 Å². The molecule has 0 rings (SSSR count). The first kappa shape index (κ1) is 9.96. The molecule has 0 fully saturated rings. The van der Waals surface area contributed by atoms with Crippen LogP contribution in [0.15, 0.2) is 0 Å². The molecule has 0 bridgehead atoms. The maximum Gasteiger partial charge on any atom is 0.0547 e. The highest BCUT2D eigenvalue weighted by molar-refractivity contribution is 4.49. The van der Waals surface area contributed by atoms with E-state index in [0.29, 0.717) is 6.10 Å². The second kappa shape index (κ2) is 7.07. The summed E-state index contributed by atoms with van der Waals surface area (Å²) in [4.78, 5) is 0. The maximum atomic E-state index is 5.43. The molecule has 0 saturated heterocycles. The van der Waals surface area contributed by atoms with Gasteiger partial charge in [0, 0.05) is 6.61 Å². The molecule has 0 amide bonds. The molecule has 0 aromatic carbocycles. The van der Waals surface area contributed by atoms with Gasteiger partial charge in [0.2, 0.25) is 0 Å². The average molecular weight is 143 g/mol. The Morgan fingerprint density at radius 3 is 2.70 bits per heavy atom. The number of hydrogen-bond donors (Lipinski definition) is 0. The van der Waals surface area contributed by atoms with Crippen LogP contribution in [0.3, 0.4) is 0 Å². The van der Waals surface area contributed by atoms with Gasteiger partial charge in [-0.15, -0.1) is 0 Å². The third kappa shape index (κ3) is 6.09. The number of ether oxygens (including phenoxy) is 1. The smallest absolute Gasteiger partial charge is 0.0547 e. The van der Waals surface area contributed by atoms with Gasteiger partial charge in [-0.05, 0) is 19.8 Å². The summed E-state index contributed by atoms with van der Waals surface area (Å²) in [6.45, 7) is 8.86. The highest BCUT2D eigenvalue weighted by Crippen LogP contribution is 2.03. The highest BCUT2D eigenvalue weighted by atomic mass is 16.5. The second-order valence-corrected chi connectivity index (χ2v) is 2.68. The molecule has 0 heterocycles. The second-order valence-electron chi connectivity index (χ2n) is 2.68. The van der Waals surface area contributed by atoms with Crippen LogP contribution in [0.1, 0.15) is 39.5 Å². The van der Waals surface area contributed by atoms with Crippen LogP contribution in [0.4, 0.5) is 0 Å². The van der Waals surface area contributed by atoms with E-state index < -0.39 is 0 Å². The van der Waals surface area contributed by atoms with Gasteiger partial charge in [0.05, 0.1) is 6.10 Å². The van der Waals surface area contributed by atoms with Crippen molar-refractivity contribution in [1.29, 1.82) is 0 Å². The van der Waals surface area contributed by atoms with E-state index in [1.54, 1.807) is 0 Å². The molecule has 1 nitrogen and oxygen atoms in total. The summed E-state index contributed by atoms with van der Waals surface area (Å²) in [6, 6.07) is 0. The molecular weight excluding hydrogens is 124 g/mol. The van der Waals surface area contributed by atoms with E-state index in [1.807, 2.05) is 0 Å². The van der Waals surface area contributed by atoms with Crippen molar-refractivity contribution in [3.05, 3.63) is 6.92 Å². The Morgan fingerprint density at radius 1 is 1.50 bits per heavy atom. The minimum absolute atomic E-state index is 0.432. The SMILES string of the molecule is [CH2]CCOC(C)CCCC. The fraction of sp³-hybridized carbons (Fsp3) is 0.889. The Bertz CT molecular complexity index is 53.7. The van der Waals surface area contributed by atoms with E-state index >= 15 is 0 Å². The van der Waals surface area contributed by atoms with Gasteiger partial charge in [0.25, 0.3) is 0 Å². The first-order valence-corrected chi connectivity index (χ1v) is 4.22. The Hall–Kier alpha value is -0.0400. The summed E-state index contributed by atoms with van der Waals surface area (Å²) in [7, 11) is 0. The van der Waals surface area contributed by atoms with Crippen molar-refractivity contribution in [2.75, 3.05) is 6.61 Å². The zero-order valence-corrected chi connectivity index (χ0v) is 7.23. The van der Waals surface area contributed by atoms with Crippen LogP contribution in [-0.4, -0.2) is 12.7 Å². The molecule has 0 aliphatic heterocycles. The predicted molar refractivity (Wildman–Crippen MR) is 44.9 cm³/mol. The summed E-state index contributed by atoms with van der Waals surface area (Å²) in [5.74, 6) is 0. The van der Waals surface area contributed by atoms with Crippen molar-refractivity contribution >= 4 is 0 Å². The van der Waals surface area contributed by atoms with Gasteiger partial charge in [-0.3, -0.25) is 0 Å². The molecule has 0 aromatic rings. The fourth-order valence-corrected chi connectivity index (χ4v) is 0.859. The lowest BCUT2D eigenvalue weighted by molar-refractivity contribution is 0.0618. The van der Waals surface area contributed by atoms with E-state index in [4.69, 9.17) is 4.74 Å². The minimum atomic E-state index is 0.432. The van der Waals surface area contributed by atoms with Crippen LogP contribution in [0.2, 0.25) is 0 Å². The van der Waals surface area contributed by atoms with Crippen molar-refractivity contribution in [3.8, 4) is 0 Å². The van der Waals surface area contributed by atoms with Gasteiger partial charge in [-0.1, -0.05) is 26.7 Å². The Kier molecular flexibility index (Phi) is 7.04. The monoisotopic (exact) mass is 143 g/mol. The zero-order chi connectivity index (χ0) is 7.82. The van der Waals surface area contributed by atoms with Crippen molar-refractivity contribution in [1.82, 2.24) is 0 Å². The number of rotatable bonds is 6. The molecule has 1 atom stereocenters. The van der Waals surface area contributed by atoms with Gasteiger partial charge in [-0.2, -0.15) is 0 Å². The summed E-state index contributed by atoms with van der Waals surface area (Å²) in [5, 5.41) is 0. The van der Waals surface area contributed by atoms with E-state index in [1.165, 1.54) is 19.3 Å². The van der Waals surface area contributed by atoms with Crippen LogP contribution in [0.5, 0.6) is 0 Å². The number of unbranched alkanes of at least 4 members (excludes halogenated alkanes) is 1. The van der Waals surface area contributed by atoms with Crippen molar-refractivity contribution < 1.29 is 4.74 Å². The topological polar surface area (TPSA) is 9.23 Å².